The summed E-state index contributed by atoms with van der Waals surface area (Å²) in [6, 6.07) is 1.65. The number of ether oxygens (including phenoxy) is 1. The average molecular weight is 327 g/mol. The Balaban J connectivity index is 1.87. The van der Waals surface area contributed by atoms with Crippen molar-refractivity contribution >= 4 is 23.6 Å². The molecule has 1 saturated heterocycles. The number of amides is 1. The van der Waals surface area contributed by atoms with Crippen molar-refractivity contribution in [2.45, 2.75) is 32.8 Å². The summed E-state index contributed by atoms with van der Waals surface area (Å²) in [5.41, 5.74) is -0.458. The van der Waals surface area contributed by atoms with Crippen LogP contribution < -0.4 is 4.90 Å². The Morgan fingerprint density at radius 2 is 2.27 bits per heavy atom. The number of carbonyl (C=O) groups is 1. The number of rotatable bonds is 3. The molecule has 0 unspecified atom stereocenters. The third-order valence-electron chi connectivity index (χ3n) is 3.42. The summed E-state index contributed by atoms with van der Waals surface area (Å²) in [6.45, 7) is 7.83. The third kappa shape index (κ3) is 4.73. The lowest BCUT2D eigenvalue weighted by Gasteiger charge is -2.25. The predicted molar refractivity (Wildman–Crippen MR) is 86.2 cm³/mol. The van der Waals surface area contributed by atoms with Crippen molar-refractivity contribution in [2.75, 3.05) is 31.6 Å². The molecule has 22 heavy (non-hydrogen) atoms. The molecule has 1 atom stereocenters. The number of carbonyl (C=O) groups excluding carboxylic acids is 1. The Kier molecular flexibility index (Phi) is 5.11. The van der Waals surface area contributed by atoms with Crippen LogP contribution in [0.3, 0.4) is 0 Å². The Morgan fingerprint density at radius 3 is 2.91 bits per heavy atom. The maximum atomic E-state index is 12.1. The van der Waals surface area contributed by atoms with Crippen molar-refractivity contribution in [3.8, 4) is 0 Å². The summed E-state index contributed by atoms with van der Waals surface area (Å²) in [6.07, 6.45) is 2.35. The molecule has 1 aromatic heterocycles. The lowest BCUT2D eigenvalue weighted by atomic mass is 10.1. The van der Waals surface area contributed by atoms with Gasteiger partial charge in [0, 0.05) is 32.9 Å². The van der Waals surface area contributed by atoms with Crippen molar-refractivity contribution in [1.29, 1.82) is 0 Å². The minimum absolute atomic E-state index is 0.239. The number of aromatic nitrogens is 2. The standard InChI is InChI=1S/C15H23ClN4O2/c1-15(2,3)22-14(21)20-8-6-11(10-20)9-19(4)13-17-7-5-12(16)18-13/h5,7,11H,6,8-10H2,1-4H3/t11-/m1/s1. The van der Waals surface area contributed by atoms with E-state index in [4.69, 9.17) is 16.3 Å². The van der Waals surface area contributed by atoms with E-state index in [-0.39, 0.29) is 6.09 Å². The first-order chi connectivity index (χ1) is 10.2. The van der Waals surface area contributed by atoms with E-state index in [1.807, 2.05) is 32.7 Å². The van der Waals surface area contributed by atoms with Gasteiger partial charge in [0.25, 0.3) is 0 Å². The molecule has 1 aromatic rings. The van der Waals surface area contributed by atoms with E-state index in [1.54, 1.807) is 17.2 Å². The van der Waals surface area contributed by atoms with Gasteiger partial charge < -0.3 is 14.5 Å². The molecule has 2 rings (SSSR count). The van der Waals surface area contributed by atoms with Gasteiger partial charge in [-0.3, -0.25) is 0 Å². The van der Waals surface area contributed by atoms with Crippen molar-refractivity contribution in [1.82, 2.24) is 14.9 Å². The van der Waals surface area contributed by atoms with E-state index in [2.05, 4.69) is 9.97 Å². The van der Waals surface area contributed by atoms with Crippen LogP contribution in [0.5, 0.6) is 0 Å². The van der Waals surface area contributed by atoms with Gasteiger partial charge in [0.05, 0.1) is 0 Å². The van der Waals surface area contributed by atoms with Crippen molar-refractivity contribution in [2.24, 2.45) is 5.92 Å². The van der Waals surface area contributed by atoms with Crippen LogP contribution in [0.15, 0.2) is 12.3 Å². The molecule has 1 fully saturated rings. The van der Waals surface area contributed by atoms with E-state index < -0.39 is 5.60 Å². The summed E-state index contributed by atoms with van der Waals surface area (Å²) < 4.78 is 5.41. The van der Waals surface area contributed by atoms with Crippen molar-refractivity contribution in [3.63, 3.8) is 0 Å². The lowest BCUT2D eigenvalue weighted by Crippen LogP contribution is -2.36. The maximum Gasteiger partial charge on any atom is 0.410 e. The van der Waals surface area contributed by atoms with Gasteiger partial charge >= 0.3 is 6.09 Å². The first-order valence-electron chi connectivity index (χ1n) is 7.42. The minimum atomic E-state index is -0.458. The second kappa shape index (κ2) is 6.69. The van der Waals surface area contributed by atoms with E-state index in [0.29, 0.717) is 23.6 Å². The zero-order valence-electron chi connectivity index (χ0n) is 13.5. The molecule has 0 spiro atoms. The molecule has 7 heteroatoms. The van der Waals surface area contributed by atoms with E-state index in [1.165, 1.54) is 0 Å². The maximum absolute atomic E-state index is 12.1. The molecular weight excluding hydrogens is 304 g/mol. The monoisotopic (exact) mass is 326 g/mol. The number of anilines is 1. The summed E-state index contributed by atoms with van der Waals surface area (Å²) >= 11 is 5.88. The van der Waals surface area contributed by atoms with Crippen molar-refractivity contribution in [3.05, 3.63) is 17.4 Å². The number of halogens is 1. The van der Waals surface area contributed by atoms with Crippen LogP contribution in [0.4, 0.5) is 10.7 Å². The highest BCUT2D eigenvalue weighted by molar-refractivity contribution is 6.29. The third-order valence-corrected chi connectivity index (χ3v) is 3.63. The van der Waals surface area contributed by atoms with Gasteiger partial charge in [0.15, 0.2) is 0 Å². The highest BCUT2D eigenvalue weighted by atomic mass is 35.5. The van der Waals surface area contributed by atoms with Gasteiger partial charge in [-0.05, 0) is 39.2 Å². The quantitative estimate of drug-likeness (QED) is 0.799. The topological polar surface area (TPSA) is 58.6 Å². The van der Waals surface area contributed by atoms with Gasteiger partial charge in [-0.2, -0.15) is 0 Å². The van der Waals surface area contributed by atoms with Crippen LogP contribution in [0.1, 0.15) is 27.2 Å². The minimum Gasteiger partial charge on any atom is -0.444 e. The first kappa shape index (κ1) is 16.8. The summed E-state index contributed by atoms with van der Waals surface area (Å²) in [5, 5.41) is 0.429. The van der Waals surface area contributed by atoms with Crippen molar-refractivity contribution < 1.29 is 9.53 Å². The van der Waals surface area contributed by atoms with E-state index in [9.17, 15) is 4.79 Å². The highest BCUT2D eigenvalue weighted by Crippen LogP contribution is 2.21. The van der Waals surface area contributed by atoms with Gasteiger partial charge in [0.1, 0.15) is 10.8 Å². The number of likely N-dealkylation sites (tertiary alicyclic amines) is 1. The molecule has 0 aromatic carbocycles. The van der Waals surface area contributed by atoms with Crippen LogP contribution in [-0.2, 0) is 4.74 Å². The van der Waals surface area contributed by atoms with Gasteiger partial charge in [-0.15, -0.1) is 0 Å². The summed E-state index contributed by atoms with van der Waals surface area (Å²) in [7, 11) is 1.93. The average Bonchev–Trinajstić information content (AvgIpc) is 2.85. The normalized spacial score (nSPS) is 18.4. The number of nitrogens with zero attached hydrogens (tertiary/aromatic N) is 4. The largest absolute Gasteiger partial charge is 0.444 e. The lowest BCUT2D eigenvalue weighted by molar-refractivity contribution is 0.0288. The molecule has 0 saturated carbocycles. The Hall–Kier alpha value is -1.56. The van der Waals surface area contributed by atoms with Crippen LogP contribution in [0.25, 0.3) is 0 Å². The highest BCUT2D eigenvalue weighted by Gasteiger charge is 2.30. The smallest absolute Gasteiger partial charge is 0.410 e. The Morgan fingerprint density at radius 1 is 1.55 bits per heavy atom. The molecular formula is C15H23ClN4O2. The number of hydrogen-bond donors (Lipinski definition) is 0. The summed E-state index contributed by atoms with van der Waals surface area (Å²) in [5.74, 6) is 0.975. The zero-order chi connectivity index (χ0) is 16.3. The predicted octanol–water partition coefficient (Wildman–Crippen LogP) is 2.82. The van der Waals surface area contributed by atoms with Crippen LogP contribution in [0, 0.1) is 5.92 Å². The Labute approximate surface area is 136 Å². The molecule has 1 aliphatic rings. The molecule has 1 amide bonds. The fraction of sp³-hybridized carbons (Fsp3) is 0.667. The molecule has 1 aliphatic heterocycles. The molecule has 0 bridgehead atoms. The van der Waals surface area contributed by atoms with E-state index in [0.717, 1.165) is 19.5 Å². The molecule has 0 N–H and O–H groups in total. The van der Waals surface area contributed by atoms with Crippen LogP contribution >= 0.6 is 11.6 Å². The fourth-order valence-electron chi connectivity index (χ4n) is 2.45. The molecule has 0 aliphatic carbocycles. The SMILES string of the molecule is CN(C[C@H]1CCN(C(=O)OC(C)(C)C)C1)c1nccc(Cl)n1. The molecule has 122 valence electrons. The molecule has 6 nitrogen and oxygen atoms in total. The molecule has 2 heterocycles. The summed E-state index contributed by atoms with van der Waals surface area (Å²) in [4.78, 5) is 24.2. The van der Waals surface area contributed by atoms with Gasteiger partial charge in [0.2, 0.25) is 5.95 Å². The van der Waals surface area contributed by atoms with E-state index >= 15 is 0 Å². The van der Waals surface area contributed by atoms with Crippen LogP contribution in [-0.4, -0.2) is 53.2 Å². The molecule has 0 radical (unpaired) electrons. The first-order valence-corrected chi connectivity index (χ1v) is 7.80. The van der Waals surface area contributed by atoms with Crippen LogP contribution in [0.2, 0.25) is 5.15 Å². The van der Waals surface area contributed by atoms with Gasteiger partial charge in [-0.1, -0.05) is 11.6 Å². The zero-order valence-corrected chi connectivity index (χ0v) is 14.3. The Bertz CT molecular complexity index is 533. The second-order valence-electron chi connectivity index (χ2n) is 6.64. The fourth-order valence-corrected chi connectivity index (χ4v) is 2.59. The number of hydrogen-bond acceptors (Lipinski definition) is 5. The van der Waals surface area contributed by atoms with Gasteiger partial charge in [-0.25, -0.2) is 14.8 Å². The second-order valence-corrected chi connectivity index (χ2v) is 7.03.